The van der Waals surface area contributed by atoms with Gasteiger partial charge in [-0.05, 0) is 13.8 Å². The maximum absolute atomic E-state index is 12.0. The van der Waals surface area contributed by atoms with Crippen LogP contribution in [0.5, 0.6) is 0 Å². The van der Waals surface area contributed by atoms with Gasteiger partial charge in [-0.25, -0.2) is 4.98 Å². The van der Waals surface area contributed by atoms with E-state index < -0.39 is 0 Å². The van der Waals surface area contributed by atoms with Crippen LogP contribution in [0.25, 0.3) is 0 Å². The Morgan fingerprint density at radius 3 is 2.89 bits per heavy atom. The fourth-order valence-corrected chi connectivity index (χ4v) is 2.11. The Labute approximate surface area is 107 Å². The molecule has 0 saturated heterocycles. The first-order valence-corrected chi connectivity index (χ1v) is 6.43. The second kappa shape index (κ2) is 5.18. The number of nitrogens with zero attached hydrogens (tertiary/aromatic N) is 2. The maximum Gasteiger partial charge on any atom is 0.304 e. The fourth-order valence-electron chi connectivity index (χ4n) is 1.53. The van der Waals surface area contributed by atoms with Crippen molar-refractivity contribution >= 4 is 17.2 Å². The summed E-state index contributed by atoms with van der Waals surface area (Å²) in [7, 11) is 0. The van der Waals surface area contributed by atoms with Gasteiger partial charge in [0.2, 0.25) is 0 Å². The zero-order valence-corrected chi connectivity index (χ0v) is 11.0. The van der Waals surface area contributed by atoms with Gasteiger partial charge < -0.3 is 14.9 Å². The van der Waals surface area contributed by atoms with Crippen LogP contribution in [0.1, 0.15) is 25.6 Å². The second-order valence-electron chi connectivity index (χ2n) is 4.11. The molecule has 96 valence electrons. The average Bonchev–Trinajstić information content (AvgIpc) is 2.73. The van der Waals surface area contributed by atoms with Crippen molar-refractivity contribution in [2.24, 2.45) is 0 Å². The number of aromatic nitrogens is 3. The SMILES string of the molecule is CC(C)n1ccnc(NCc2csc(=O)[nH]2)c1=O. The summed E-state index contributed by atoms with van der Waals surface area (Å²) in [6.07, 6.45) is 3.24. The van der Waals surface area contributed by atoms with Crippen LogP contribution in [0.2, 0.25) is 0 Å². The van der Waals surface area contributed by atoms with Gasteiger partial charge in [0, 0.05) is 29.5 Å². The van der Waals surface area contributed by atoms with E-state index in [0.29, 0.717) is 12.4 Å². The highest BCUT2D eigenvalue weighted by Gasteiger charge is 2.07. The zero-order chi connectivity index (χ0) is 13.1. The Kier molecular flexibility index (Phi) is 3.61. The third-order valence-corrected chi connectivity index (χ3v) is 3.16. The number of anilines is 1. The van der Waals surface area contributed by atoms with Gasteiger partial charge in [-0.3, -0.25) is 9.59 Å². The minimum atomic E-state index is -0.162. The third kappa shape index (κ3) is 2.67. The zero-order valence-electron chi connectivity index (χ0n) is 10.1. The summed E-state index contributed by atoms with van der Waals surface area (Å²) < 4.78 is 1.60. The van der Waals surface area contributed by atoms with Crippen LogP contribution in [-0.4, -0.2) is 14.5 Å². The molecule has 2 rings (SSSR count). The average molecular weight is 266 g/mol. The fraction of sp³-hybridized carbons (Fsp3) is 0.364. The van der Waals surface area contributed by atoms with Crippen molar-refractivity contribution in [2.75, 3.05) is 5.32 Å². The highest BCUT2D eigenvalue weighted by atomic mass is 32.1. The molecule has 18 heavy (non-hydrogen) atoms. The Bertz CT molecular complexity index is 641. The summed E-state index contributed by atoms with van der Waals surface area (Å²) in [4.78, 5) is 29.5. The molecular weight excluding hydrogens is 252 g/mol. The van der Waals surface area contributed by atoms with E-state index in [4.69, 9.17) is 0 Å². The largest absolute Gasteiger partial charge is 0.360 e. The molecule has 0 aliphatic rings. The van der Waals surface area contributed by atoms with Crippen LogP contribution in [0, 0.1) is 0 Å². The number of thiazole rings is 1. The molecule has 2 heterocycles. The van der Waals surface area contributed by atoms with Crippen molar-refractivity contribution in [2.45, 2.75) is 26.4 Å². The first-order chi connectivity index (χ1) is 8.58. The summed E-state index contributed by atoms with van der Waals surface area (Å²) in [6.45, 7) is 4.24. The molecule has 0 radical (unpaired) electrons. The van der Waals surface area contributed by atoms with Crippen molar-refractivity contribution in [3.63, 3.8) is 0 Å². The van der Waals surface area contributed by atoms with Gasteiger partial charge in [0.1, 0.15) is 0 Å². The summed E-state index contributed by atoms with van der Waals surface area (Å²) in [5, 5.41) is 4.65. The number of nitrogens with one attached hydrogen (secondary N) is 2. The summed E-state index contributed by atoms with van der Waals surface area (Å²) in [5.41, 5.74) is 0.580. The van der Waals surface area contributed by atoms with Gasteiger partial charge in [-0.15, -0.1) is 0 Å². The molecule has 0 aromatic carbocycles. The predicted octanol–water partition coefficient (Wildman–Crippen LogP) is 1.19. The molecule has 0 unspecified atom stereocenters. The summed E-state index contributed by atoms with van der Waals surface area (Å²) in [5.74, 6) is 0.290. The smallest absolute Gasteiger partial charge is 0.304 e. The number of hydrogen-bond acceptors (Lipinski definition) is 5. The molecule has 0 spiro atoms. The van der Waals surface area contributed by atoms with Crippen molar-refractivity contribution < 1.29 is 0 Å². The van der Waals surface area contributed by atoms with Gasteiger partial charge in [-0.1, -0.05) is 11.3 Å². The van der Waals surface area contributed by atoms with E-state index >= 15 is 0 Å². The minimum Gasteiger partial charge on any atom is -0.360 e. The van der Waals surface area contributed by atoms with Crippen molar-refractivity contribution in [3.05, 3.63) is 43.5 Å². The van der Waals surface area contributed by atoms with Gasteiger partial charge in [0.25, 0.3) is 5.56 Å². The van der Waals surface area contributed by atoms with Gasteiger partial charge >= 0.3 is 4.87 Å². The molecular formula is C11H14N4O2S. The van der Waals surface area contributed by atoms with Crippen molar-refractivity contribution in [1.82, 2.24) is 14.5 Å². The minimum absolute atomic E-state index is 0.0852. The Balaban J connectivity index is 2.17. The van der Waals surface area contributed by atoms with E-state index in [1.807, 2.05) is 13.8 Å². The number of aromatic amines is 1. The Morgan fingerprint density at radius 2 is 2.28 bits per heavy atom. The van der Waals surface area contributed by atoms with E-state index in [0.717, 1.165) is 17.0 Å². The molecule has 2 N–H and O–H groups in total. The molecule has 7 heteroatoms. The summed E-state index contributed by atoms with van der Waals surface area (Å²) >= 11 is 1.10. The highest BCUT2D eigenvalue weighted by Crippen LogP contribution is 2.03. The van der Waals surface area contributed by atoms with Crippen LogP contribution in [0.4, 0.5) is 5.82 Å². The van der Waals surface area contributed by atoms with E-state index in [2.05, 4.69) is 15.3 Å². The normalized spacial score (nSPS) is 10.8. The van der Waals surface area contributed by atoms with Crippen LogP contribution in [0.15, 0.2) is 27.4 Å². The molecule has 0 aliphatic carbocycles. The van der Waals surface area contributed by atoms with E-state index in [1.165, 1.54) is 0 Å². The predicted molar refractivity (Wildman–Crippen MR) is 71.1 cm³/mol. The number of hydrogen-bond donors (Lipinski definition) is 2. The third-order valence-electron chi connectivity index (χ3n) is 2.44. The van der Waals surface area contributed by atoms with Crippen LogP contribution in [-0.2, 0) is 6.54 Å². The van der Waals surface area contributed by atoms with Crippen molar-refractivity contribution in [3.8, 4) is 0 Å². The molecule has 0 amide bonds. The molecule has 0 saturated carbocycles. The standard InChI is InChI=1S/C11H14N4O2S/c1-7(2)15-4-3-12-9(10(15)16)13-5-8-6-18-11(17)14-8/h3-4,6-7H,5H2,1-2H3,(H,12,13)(H,14,17). The molecule has 2 aromatic rings. The van der Waals surface area contributed by atoms with Crippen molar-refractivity contribution in [1.29, 1.82) is 0 Å². The lowest BCUT2D eigenvalue weighted by atomic mass is 10.4. The number of rotatable bonds is 4. The molecule has 0 bridgehead atoms. The van der Waals surface area contributed by atoms with Crippen LogP contribution < -0.4 is 15.7 Å². The summed E-state index contributed by atoms with van der Waals surface area (Å²) in [6, 6.07) is 0.0852. The quantitative estimate of drug-likeness (QED) is 0.871. The molecule has 0 aliphatic heterocycles. The lowest BCUT2D eigenvalue weighted by molar-refractivity contribution is 0.575. The topological polar surface area (TPSA) is 79.8 Å². The first-order valence-electron chi connectivity index (χ1n) is 5.55. The highest BCUT2D eigenvalue weighted by molar-refractivity contribution is 7.07. The molecule has 2 aromatic heterocycles. The van der Waals surface area contributed by atoms with Crippen LogP contribution in [0.3, 0.4) is 0 Å². The van der Waals surface area contributed by atoms with Gasteiger partial charge in [0.05, 0.1) is 6.54 Å². The lowest BCUT2D eigenvalue weighted by Crippen LogP contribution is -2.25. The lowest BCUT2D eigenvalue weighted by Gasteiger charge is -2.11. The molecule has 6 nitrogen and oxygen atoms in total. The molecule has 0 atom stereocenters. The van der Waals surface area contributed by atoms with E-state index in [9.17, 15) is 9.59 Å². The van der Waals surface area contributed by atoms with Crippen LogP contribution >= 0.6 is 11.3 Å². The Morgan fingerprint density at radius 1 is 1.50 bits per heavy atom. The second-order valence-corrected chi connectivity index (χ2v) is 4.95. The Hall–Kier alpha value is -1.89. The molecule has 0 fully saturated rings. The van der Waals surface area contributed by atoms with Gasteiger partial charge in [-0.2, -0.15) is 0 Å². The van der Waals surface area contributed by atoms with E-state index in [1.54, 1.807) is 22.3 Å². The first kappa shape index (κ1) is 12.6. The maximum atomic E-state index is 12.0. The monoisotopic (exact) mass is 266 g/mol. The van der Waals surface area contributed by atoms with Gasteiger partial charge in [0.15, 0.2) is 5.82 Å². The number of H-pyrrole nitrogens is 1. The van der Waals surface area contributed by atoms with E-state index in [-0.39, 0.29) is 16.5 Å².